The molecule has 1 aromatic rings. The van der Waals surface area contributed by atoms with Crippen molar-refractivity contribution < 1.29 is 4.79 Å². The fourth-order valence-corrected chi connectivity index (χ4v) is 3.04. The average molecular weight is 236 g/mol. The fraction of sp³-hybridized carbons (Fsp3) is 0.417. The number of carbonyl (C=O) groups is 1. The van der Waals surface area contributed by atoms with Gasteiger partial charge in [-0.05, 0) is 25.0 Å². The summed E-state index contributed by atoms with van der Waals surface area (Å²) in [6.45, 7) is 2.62. The minimum atomic E-state index is -0.291. The zero-order valence-corrected chi connectivity index (χ0v) is 10.1. The van der Waals surface area contributed by atoms with Crippen LogP contribution in [0, 0.1) is 0 Å². The molecule has 16 heavy (non-hydrogen) atoms. The third kappa shape index (κ3) is 2.57. The molecule has 1 amide bonds. The van der Waals surface area contributed by atoms with E-state index in [1.54, 1.807) is 6.92 Å². The minimum absolute atomic E-state index is 0.246. The maximum absolute atomic E-state index is 10.9. The number of thioether (sulfide) groups is 1. The number of fused-ring (bicyclic) bond motifs is 1. The molecule has 1 heterocycles. The molecule has 0 fully saturated rings. The highest BCUT2D eigenvalue weighted by Crippen LogP contribution is 2.36. The molecule has 0 aliphatic carbocycles. The maximum atomic E-state index is 10.9. The number of rotatable bonds is 4. The molecule has 0 radical (unpaired) electrons. The third-order valence-corrected chi connectivity index (χ3v) is 4.11. The van der Waals surface area contributed by atoms with Gasteiger partial charge in [0.05, 0.1) is 6.04 Å². The lowest BCUT2D eigenvalue weighted by atomic mass is 10.1. The first kappa shape index (κ1) is 11.5. The smallest absolute Gasteiger partial charge is 0.234 e. The van der Waals surface area contributed by atoms with E-state index in [9.17, 15) is 4.79 Å². The lowest BCUT2D eigenvalue weighted by Gasteiger charge is -2.13. The summed E-state index contributed by atoms with van der Waals surface area (Å²) in [5.41, 5.74) is 6.61. The van der Waals surface area contributed by atoms with Crippen LogP contribution in [0.4, 0.5) is 0 Å². The molecule has 1 aromatic carbocycles. The van der Waals surface area contributed by atoms with Gasteiger partial charge in [0.15, 0.2) is 0 Å². The van der Waals surface area contributed by atoms with Crippen LogP contribution in [-0.4, -0.2) is 23.7 Å². The molecule has 0 spiro atoms. The van der Waals surface area contributed by atoms with Crippen molar-refractivity contribution in [3.63, 3.8) is 0 Å². The first-order valence-corrected chi connectivity index (χ1v) is 6.32. The summed E-state index contributed by atoms with van der Waals surface area (Å²) < 4.78 is 0. The van der Waals surface area contributed by atoms with Gasteiger partial charge in [-0.25, -0.2) is 0 Å². The van der Waals surface area contributed by atoms with Gasteiger partial charge in [0.25, 0.3) is 0 Å². The van der Waals surface area contributed by atoms with Gasteiger partial charge in [-0.1, -0.05) is 18.2 Å². The molecular formula is C12H16N2OS. The van der Waals surface area contributed by atoms with E-state index in [4.69, 9.17) is 5.73 Å². The molecule has 0 saturated heterocycles. The van der Waals surface area contributed by atoms with Crippen LogP contribution in [0.15, 0.2) is 29.2 Å². The molecule has 0 saturated carbocycles. The van der Waals surface area contributed by atoms with Crippen molar-refractivity contribution in [1.29, 1.82) is 0 Å². The van der Waals surface area contributed by atoms with Crippen LogP contribution in [-0.2, 0) is 11.2 Å². The number of hydrogen-bond acceptors (Lipinski definition) is 3. The van der Waals surface area contributed by atoms with Crippen molar-refractivity contribution in [1.82, 2.24) is 5.32 Å². The van der Waals surface area contributed by atoms with Crippen molar-refractivity contribution in [2.75, 3.05) is 6.54 Å². The molecule has 1 aliphatic rings. The number of primary amides is 1. The lowest BCUT2D eigenvalue weighted by molar-refractivity contribution is -0.119. The Kier molecular flexibility index (Phi) is 3.51. The monoisotopic (exact) mass is 236 g/mol. The Hall–Kier alpha value is -1.00. The van der Waals surface area contributed by atoms with Crippen LogP contribution < -0.4 is 11.1 Å². The van der Waals surface area contributed by atoms with Crippen molar-refractivity contribution in [3.05, 3.63) is 29.8 Å². The van der Waals surface area contributed by atoms with Crippen molar-refractivity contribution >= 4 is 17.7 Å². The van der Waals surface area contributed by atoms with Crippen LogP contribution in [0.3, 0.4) is 0 Å². The molecule has 2 unspecified atom stereocenters. The second-order valence-corrected chi connectivity index (χ2v) is 5.43. The average Bonchev–Trinajstić information content (AvgIpc) is 2.68. The molecular weight excluding hydrogens is 220 g/mol. The first-order chi connectivity index (χ1) is 7.66. The van der Waals surface area contributed by atoms with Gasteiger partial charge in [-0.15, -0.1) is 11.8 Å². The Morgan fingerprint density at radius 1 is 1.62 bits per heavy atom. The van der Waals surface area contributed by atoms with Gasteiger partial charge in [-0.2, -0.15) is 0 Å². The highest BCUT2D eigenvalue weighted by Gasteiger charge is 2.22. The van der Waals surface area contributed by atoms with E-state index in [-0.39, 0.29) is 11.9 Å². The predicted molar refractivity (Wildman–Crippen MR) is 66.5 cm³/mol. The summed E-state index contributed by atoms with van der Waals surface area (Å²) >= 11 is 1.88. The van der Waals surface area contributed by atoms with Crippen LogP contribution in [0.5, 0.6) is 0 Å². The number of carbonyl (C=O) groups excluding carboxylic acids is 1. The van der Waals surface area contributed by atoms with Gasteiger partial charge >= 0.3 is 0 Å². The van der Waals surface area contributed by atoms with Gasteiger partial charge in [-0.3, -0.25) is 4.79 Å². The van der Waals surface area contributed by atoms with E-state index < -0.39 is 0 Å². The van der Waals surface area contributed by atoms with Crippen LogP contribution in [0.1, 0.15) is 12.5 Å². The summed E-state index contributed by atoms with van der Waals surface area (Å²) in [7, 11) is 0. The standard InChI is InChI=1S/C12H16N2OS/c1-8(12(13)15)14-7-10-6-9-4-2-3-5-11(9)16-10/h2-5,8,10,14H,6-7H2,1H3,(H2,13,15). The number of hydrogen-bond donors (Lipinski definition) is 2. The van der Waals surface area contributed by atoms with Gasteiger partial charge in [0.1, 0.15) is 0 Å². The second kappa shape index (κ2) is 4.89. The number of amides is 1. The number of nitrogens with one attached hydrogen (secondary N) is 1. The van der Waals surface area contributed by atoms with E-state index in [0.29, 0.717) is 5.25 Å². The number of benzene rings is 1. The molecule has 1 aliphatic heterocycles. The Labute approximate surface area is 99.8 Å². The highest BCUT2D eigenvalue weighted by molar-refractivity contribution is 8.00. The maximum Gasteiger partial charge on any atom is 0.234 e. The summed E-state index contributed by atoms with van der Waals surface area (Å²) in [5, 5.41) is 3.68. The SMILES string of the molecule is CC(NCC1Cc2ccccc2S1)C(N)=O. The van der Waals surface area contributed by atoms with Crippen molar-refractivity contribution in [3.8, 4) is 0 Å². The molecule has 2 rings (SSSR count). The Balaban J connectivity index is 1.86. The zero-order valence-electron chi connectivity index (χ0n) is 9.27. The normalized spacial score (nSPS) is 20.4. The summed E-state index contributed by atoms with van der Waals surface area (Å²) in [6, 6.07) is 8.20. The topological polar surface area (TPSA) is 55.1 Å². The fourth-order valence-electron chi connectivity index (χ4n) is 1.78. The van der Waals surface area contributed by atoms with E-state index >= 15 is 0 Å². The lowest BCUT2D eigenvalue weighted by Crippen LogP contribution is -2.41. The Morgan fingerprint density at radius 2 is 2.38 bits per heavy atom. The summed E-state index contributed by atoms with van der Waals surface area (Å²) in [6.07, 6.45) is 1.07. The predicted octanol–water partition coefficient (Wildman–Crippen LogP) is 1.17. The molecule has 0 bridgehead atoms. The molecule has 2 atom stereocenters. The zero-order chi connectivity index (χ0) is 11.5. The number of nitrogens with two attached hydrogens (primary N) is 1. The van der Waals surface area contributed by atoms with Gasteiger partial charge < -0.3 is 11.1 Å². The molecule has 3 N–H and O–H groups in total. The van der Waals surface area contributed by atoms with E-state index in [1.165, 1.54) is 10.5 Å². The third-order valence-electron chi connectivity index (χ3n) is 2.79. The first-order valence-electron chi connectivity index (χ1n) is 5.44. The van der Waals surface area contributed by atoms with Gasteiger partial charge in [0.2, 0.25) is 5.91 Å². The Morgan fingerprint density at radius 3 is 3.06 bits per heavy atom. The molecule has 86 valence electrons. The Bertz CT molecular complexity index is 369. The van der Waals surface area contributed by atoms with Crippen LogP contribution in [0.25, 0.3) is 0 Å². The second-order valence-electron chi connectivity index (χ2n) is 4.08. The summed E-state index contributed by atoms with van der Waals surface area (Å²) in [4.78, 5) is 12.2. The quantitative estimate of drug-likeness (QED) is 0.825. The largest absolute Gasteiger partial charge is 0.368 e. The minimum Gasteiger partial charge on any atom is -0.368 e. The molecule has 4 heteroatoms. The van der Waals surface area contributed by atoms with Crippen LogP contribution in [0.2, 0.25) is 0 Å². The van der Waals surface area contributed by atoms with E-state index in [1.807, 2.05) is 11.8 Å². The van der Waals surface area contributed by atoms with Crippen molar-refractivity contribution in [2.24, 2.45) is 5.73 Å². The molecule has 0 aromatic heterocycles. The highest BCUT2D eigenvalue weighted by atomic mass is 32.2. The molecule has 3 nitrogen and oxygen atoms in total. The van der Waals surface area contributed by atoms with Crippen LogP contribution >= 0.6 is 11.8 Å². The van der Waals surface area contributed by atoms with E-state index in [2.05, 4.69) is 29.6 Å². The van der Waals surface area contributed by atoms with Gasteiger partial charge in [0, 0.05) is 16.7 Å². The van der Waals surface area contributed by atoms with Crippen molar-refractivity contribution in [2.45, 2.75) is 29.5 Å². The summed E-state index contributed by atoms with van der Waals surface area (Å²) in [5.74, 6) is -0.291. The van der Waals surface area contributed by atoms with E-state index in [0.717, 1.165) is 13.0 Å².